The summed E-state index contributed by atoms with van der Waals surface area (Å²) in [6.07, 6.45) is 6.26. The van der Waals surface area contributed by atoms with Gasteiger partial charge < -0.3 is 25.3 Å². The zero-order valence-corrected chi connectivity index (χ0v) is 21.1. The van der Waals surface area contributed by atoms with E-state index in [1.54, 1.807) is 17.7 Å². The highest BCUT2D eigenvalue weighted by atomic mass is 32.1. The highest BCUT2D eigenvalue weighted by Crippen LogP contribution is 2.48. The fourth-order valence-electron chi connectivity index (χ4n) is 4.91. The topological polar surface area (TPSA) is 126 Å². The maximum absolute atomic E-state index is 12.1. The van der Waals surface area contributed by atoms with Crippen LogP contribution in [0, 0.1) is 0 Å². The van der Waals surface area contributed by atoms with E-state index in [1.807, 2.05) is 20.8 Å². The van der Waals surface area contributed by atoms with Crippen LogP contribution in [-0.4, -0.2) is 52.9 Å². The number of fused-ring (bicyclic) bond motifs is 3. The molecule has 0 spiro atoms. The molecule has 9 nitrogen and oxygen atoms in total. The van der Waals surface area contributed by atoms with Gasteiger partial charge in [0, 0.05) is 18.0 Å². The number of thiophene rings is 1. The third-order valence-electron chi connectivity index (χ3n) is 6.47. The third kappa shape index (κ3) is 5.60. The first-order valence-corrected chi connectivity index (χ1v) is 12.7. The lowest BCUT2D eigenvalue weighted by molar-refractivity contribution is -0.128. The van der Waals surface area contributed by atoms with Gasteiger partial charge in [-0.25, -0.2) is 14.8 Å². The van der Waals surface area contributed by atoms with Crippen molar-refractivity contribution in [3.05, 3.63) is 16.8 Å². The van der Waals surface area contributed by atoms with E-state index in [1.165, 1.54) is 17.6 Å². The molecule has 1 saturated carbocycles. The Morgan fingerprint density at radius 2 is 1.94 bits per heavy atom. The molecule has 186 valence electrons. The first-order chi connectivity index (χ1) is 16.1. The molecule has 2 aromatic rings. The molecular formula is C24H34N4O5S. The van der Waals surface area contributed by atoms with Crippen molar-refractivity contribution in [3.63, 3.8) is 0 Å². The number of aromatic nitrogens is 2. The molecule has 4 rings (SSSR count). The summed E-state index contributed by atoms with van der Waals surface area (Å²) in [4.78, 5) is 35.0. The Labute approximate surface area is 203 Å². The first-order valence-electron chi connectivity index (χ1n) is 11.9. The molecule has 0 aromatic carbocycles. The Morgan fingerprint density at radius 1 is 1.21 bits per heavy atom. The summed E-state index contributed by atoms with van der Waals surface area (Å²) in [5.74, 6) is 0.314. The standard InChI is InChI=1S/C24H34N4O5S/c1-24(2,3)33-23(30)28-14-6-8-15(9-7-14)32-21-19-18-13(11-16(31-4)20(25)29)5-10-17(18)34-22(19)27-12-26-21/h12-16H,5-11H2,1-4H3,(H2,25,29)(H,28,30)/t13-,14-,15-,16-/m1/s1. The number of primary amides is 1. The van der Waals surface area contributed by atoms with Crippen LogP contribution >= 0.6 is 11.3 Å². The van der Waals surface area contributed by atoms with Gasteiger partial charge >= 0.3 is 6.09 Å². The monoisotopic (exact) mass is 490 g/mol. The molecular weight excluding hydrogens is 456 g/mol. The van der Waals surface area contributed by atoms with Crippen LogP contribution in [0.3, 0.4) is 0 Å². The Morgan fingerprint density at radius 3 is 2.59 bits per heavy atom. The number of ether oxygens (including phenoxy) is 3. The second kappa shape index (κ2) is 10.0. The van der Waals surface area contributed by atoms with Gasteiger partial charge in [0.05, 0.1) is 5.39 Å². The lowest BCUT2D eigenvalue weighted by atomic mass is 9.92. The average Bonchev–Trinajstić information content (AvgIpc) is 3.31. The van der Waals surface area contributed by atoms with E-state index < -0.39 is 17.6 Å². The number of alkyl carbamates (subject to hydrolysis) is 1. The number of nitrogens with one attached hydrogen (secondary N) is 1. The van der Waals surface area contributed by atoms with Crippen LogP contribution in [0.2, 0.25) is 0 Å². The van der Waals surface area contributed by atoms with E-state index in [0.717, 1.165) is 48.7 Å². The lowest BCUT2D eigenvalue weighted by Crippen LogP contribution is -2.42. The summed E-state index contributed by atoms with van der Waals surface area (Å²) in [6, 6.07) is 0.0784. The predicted octanol–water partition coefficient (Wildman–Crippen LogP) is 3.83. The number of methoxy groups -OCH3 is 1. The van der Waals surface area contributed by atoms with Crippen LogP contribution in [0.25, 0.3) is 10.2 Å². The van der Waals surface area contributed by atoms with Crippen LogP contribution in [0.4, 0.5) is 4.79 Å². The predicted molar refractivity (Wildman–Crippen MR) is 129 cm³/mol. The lowest BCUT2D eigenvalue weighted by Gasteiger charge is -2.30. The SMILES string of the molecule is CO[C@H](C[C@H]1CCc2sc3ncnc(O[C@H]4CC[C@H](NC(=O)OC(C)(C)C)CC4)c3c21)C(N)=O. The van der Waals surface area contributed by atoms with Gasteiger partial charge in [0.2, 0.25) is 11.8 Å². The summed E-state index contributed by atoms with van der Waals surface area (Å²) in [5.41, 5.74) is 6.18. The molecule has 0 unspecified atom stereocenters. The summed E-state index contributed by atoms with van der Waals surface area (Å²) in [6.45, 7) is 5.57. The van der Waals surface area contributed by atoms with E-state index in [2.05, 4.69) is 15.3 Å². The number of nitrogens with two attached hydrogens (primary N) is 1. The van der Waals surface area contributed by atoms with Crippen molar-refractivity contribution < 1.29 is 23.8 Å². The van der Waals surface area contributed by atoms with Gasteiger partial charge in [-0.15, -0.1) is 11.3 Å². The van der Waals surface area contributed by atoms with Crippen molar-refractivity contribution in [2.24, 2.45) is 5.73 Å². The molecule has 2 heterocycles. The molecule has 2 atom stereocenters. The summed E-state index contributed by atoms with van der Waals surface area (Å²) >= 11 is 1.67. The highest BCUT2D eigenvalue weighted by Gasteiger charge is 2.34. The molecule has 1 fully saturated rings. The van der Waals surface area contributed by atoms with Crippen LogP contribution < -0.4 is 15.8 Å². The van der Waals surface area contributed by atoms with Crippen LogP contribution in [-0.2, 0) is 20.7 Å². The minimum atomic E-state index is -0.618. The van der Waals surface area contributed by atoms with Gasteiger partial charge in [-0.1, -0.05) is 0 Å². The molecule has 2 amide bonds. The molecule has 34 heavy (non-hydrogen) atoms. The molecule has 0 aliphatic heterocycles. The van der Waals surface area contributed by atoms with Crippen molar-refractivity contribution >= 4 is 33.6 Å². The molecule has 2 aliphatic carbocycles. The van der Waals surface area contributed by atoms with Gasteiger partial charge in [0.1, 0.15) is 29.0 Å². The van der Waals surface area contributed by atoms with Gasteiger partial charge in [-0.2, -0.15) is 0 Å². The van der Waals surface area contributed by atoms with Crippen molar-refractivity contribution in [3.8, 4) is 5.88 Å². The number of hydrogen-bond acceptors (Lipinski definition) is 8. The average molecular weight is 491 g/mol. The second-order valence-corrected chi connectivity index (χ2v) is 11.2. The number of carbonyl (C=O) groups excluding carboxylic acids is 2. The minimum Gasteiger partial charge on any atom is -0.474 e. The normalized spacial score (nSPS) is 23.4. The maximum atomic E-state index is 12.1. The highest BCUT2D eigenvalue weighted by molar-refractivity contribution is 7.19. The molecule has 0 saturated heterocycles. The van der Waals surface area contributed by atoms with Crippen LogP contribution in [0.15, 0.2) is 6.33 Å². The van der Waals surface area contributed by atoms with E-state index in [0.29, 0.717) is 12.3 Å². The second-order valence-electron chi connectivity index (χ2n) is 10.1. The van der Waals surface area contributed by atoms with E-state index >= 15 is 0 Å². The summed E-state index contributed by atoms with van der Waals surface area (Å²) < 4.78 is 17.1. The van der Waals surface area contributed by atoms with E-state index in [9.17, 15) is 9.59 Å². The Kier molecular flexibility index (Phi) is 7.28. The van der Waals surface area contributed by atoms with Gasteiger partial charge in [-0.05, 0) is 77.2 Å². The zero-order chi connectivity index (χ0) is 24.5. The quantitative estimate of drug-likeness (QED) is 0.604. The van der Waals surface area contributed by atoms with Crippen LogP contribution in [0.5, 0.6) is 5.88 Å². The van der Waals surface area contributed by atoms with Crippen molar-refractivity contribution in [2.75, 3.05) is 7.11 Å². The maximum Gasteiger partial charge on any atom is 0.407 e. The number of nitrogens with zero attached hydrogens (tertiary/aromatic N) is 2. The number of hydrogen-bond donors (Lipinski definition) is 2. The third-order valence-corrected chi connectivity index (χ3v) is 7.64. The summed E-state index contributed by atoms with van der Waals surface area (Å²) in [5, 5.41) is 3.92. The number of rotatable bonds is 7. The fourth-order valence-corrected chi connectivity index (χ4v) is 6.14. The fraction of sp³-hybridized carbons (Fsp3) is 0.667. The van der Waals surface area contributed by atoms with Crippen LogP contribution in [0.1, 0.15) is 75.7 Å². The minimum absolute atomic E-state index is 0.0162. The Bertz CT molecular complexity index is 1040. The smallest absolute Gasteiger partial charge is 0.407 e. The number of aryl methyl sites for hydroxylation is 1. The van der Waals surface area contributed by atoms with Gasteiger partial charge in [0.15, 0.2) is 0 Å². The zero-order valence-electron chi connectivity index (χ0n) is 20.3. The molecule has 2 aliphatic rings. The van der Waals surface area contributed by atoms with E-state index in [-0.39, 0.29) is 24.2 Å². The van der Waals surface area contributed by atoms with Gasteiger partial charge in [0.25, 0.3) is 0 Å². The van der Waals surface area contributed by atoms with Crippen molar-refractivity contribution in [1.82, 2.24) is 15.3 Å². The largest absolute Gasteiger partial charge is 0.474 e. The number of amides is 2. The first kappa shape index (κ1) is 24.7. The number of carbonyl (C=O) groups is 2. The van der Waals surface area contributed by atoms with Crippen molar-refractivity contribution in [1.29, 1.82) is 0 Å². The molecule has 3 N–H and O–H groups in total. The molecule has 0 bridgehead atoms. The van der Waals surface area contributed by atoms with Crippen molar-refractivity contribution in [2.45, 2.75) is 95.5 Å². The molecule has 0 radical (unpaired) electrons. The molecule has 10 heteroatoms. The van der Waals surface area contributed by atoms with Gasteiger partial charge in [-0.3, -0.25) is 4.79 Å². The Balaban J connectivity index is 1.44. The van der Waals surface area contributed by atoms with E-state index in [4.69, 9.17) is 19.9 Å². The molecule has 2 aromatic heterocycles. The Hall–Kier alpha value is -2.46. The summed E-state index contributed by atoms with van der Waals surface area (Å²) in [7, 11) is 1.52.